The molecule has 2 aromatic heterocycles. The number of aliphatic imine (C=N–C) groups is 1. The lowest BCUT2D eigenvalue weighted by Crippen LogP contribution is -1.87. The highest BCUT2D eigenvalue weighted by Crippen LogP contribution is 2.32. The molecule has 0 saturated carbocycles. The molecule has 0 spiro atoms. The van der Waals surface area contributed by atoms with E-state index >= 15 is 0 Å². The van der Waals surface area contributed by atoms with Gasteiger partial charge < -0.3 is 10.1 Å². The molecule has 3 heterocycles. The van der Waals surface area contributed by atoms with Gasteiger partial charge in [-0.15, -0.1) is 0 Å². The van der Waals surface area contributed by atoms with E-state index < -0.39 is 0 Å². The van der Waals surface area contributed by atoms with Crippen LogP contribution in [0.5, 0.6) is 5.88 Å². The number of aromatic hydroxyl groups is 1. The fourth-order valence-corrected chi connectivity index (χ4v) is 2.35. The van der Waals surface area contributed by atoms with Crippen molar-refractivity contribution in [1.82, 2.24) is 15.0 Å². The van der Waals surface area contributed by atoms with Crippen molar-refractivity contribution in [2.45, 2.75) is 26.2 Å². The third-order valence-corrected chi connectivity index (χ3v) is 3.52. The van der Waals surface area contributed by atoms with Gasteiger partial charge in [-0.1, -0.05) is 24.9 Å². The highest BCUT2D eigenvalue weighted by atomic mass is 35.5. The number of imidazole rings is 1. The van der Waals surface area contributed by atoms with Crippen LogP contribution in [-0.2, 0) is 6.42 Å². The summed E-state index contributed by atoms with van der Waals surface area (Å²) in [6, 6.07) is 3.59. The second-order valence-corrected chi connectivity index (χ2v) is 5.27. The summed E-state index contributed by atoms with van der Waals surface area (Å²) in [6.07, 6.45) is 6.48. The van der Waals surface area contributed by atoms with Crippen LogP contribution in [-0.4, -0.2) is 26.3 Å². The number of hydrogen-bond donors (Lipinski definition) is 2. The molecule has 21 heavy (non-hydrogen) atoms. The molecular formula is C15H15ClN4O. The Kier molecular flexibility index (Phi) is 3.75. The molecular weight excluding hydrogens is 288 g/mol. The Morgan fingerprint density at radius 2 is 2.19 bits per heavy atom. The van der Waals surface area contributed by atoms with Gasteiger partial charge in [0.25, 0.3) is 0 Å². The Bertz CT molecular complexity index is 733. The van der Waals surface area contributed by atoms with E-state index in [4.69, 9.17) is 11.6 Å². The lowest BCUT2D eigenvalue weighted by molar-refractivity contribution is 0.454. The normalized spacial score (nSPS) is 14.9. The molecule has 0 bridgehead atoms. The fourth-order valence-electron chi connectivity index (χ4n) is 2.21. The summed E-state index contributed by atoms with van der Waals surface area (Å²) >= 11 is 5.85. The van der Waals surface area contributed by atoms with Crippen molar-refractivity contribution in [3.05, 3.63) is 34.4 Å². The summed E-state index contributed by atoms with van der Waals surface area (Å²) in [4.78, 5) is 15.6. The van der Waals surface area contributed by atoms with E-state index in [9.17, 15) is 5.11 Å². The smallest absolute Gasteiger partial charge is 0.237 e. The van der Waals surface area contributed by atoms with Crippen LogP contribution in [0.3, 0.4) is 0 Å². The third-order valence-electron chi connectivity index (χ3n) is 3.31. The molecule has 0 aromatic carbocycles. The number of H-pyrrole nitrogens is 1. The Balaban J connectivity index is 1.91. The minimum absolute atomic E-state index is 0.0115. The number of allylic oxidation sites excluding steroid dienone is 1. The monoisotopic (exact) mass is 302 g/mol. The first-order valence-corrected chi connectivity index (χ1v) is 7.25. The van der Waals surface area contributed by atoms with Crippen LogP contribution in [0, 0.1) is 0 Å². The Labute approximate surface area is 127 Å². The number of rotatable bonds is 4. The summed E-state index contributed by atoms with van der Waals surface area (Å²) < 4.78 is 0. The molecule has 2 N–H and O–H groups in total. The van der Waals surface area contributed by atoms with Gasteiger partial charge in [-0.25, -0.2) is 9.98 Å². The van der Waals surface area contributed by atoms with Crippen LogP contribution in [0.15, 0.2) is 17.1 Å². The summed E-state index contributed by atoms with van der Waals surface area (Å²) in [6.45, 7) is 2.12. The molecule has 0 aliphatic carbocycles. The largest absolute Gasteiger partial charge is 0.492 e. The zero-order valence-electron chi connectivity index (χ0n) is 11.6. The molecule has 0 saturated heterocycles. The quantitative estimate of drug-likeness (QED) is 0.844. The van der Waals surface area contributed by atoms with Gasteiger partial charge in [0.1, 0.15) is 16.7 Å². The van der Waals surface area contributed by atoms with E-state index in [1.807, 2.05) is 12.1 Å². The number of aromatic amines is 1. The molecule has 2 aromatic rings. The van der Waals surface area contributed by atoms with Gasteiger partial charge in [0.2, 0.25) is 5.88 Å². The van der Waals surface area contributed by atoms with Crippen molar-refractivity contribution < 1.29 is 5.11 Å². The first kappa shape index (κ1) is 13.8. The van der Waals surface area contributed by atoms with E-state index in [1.165, 1.54) is 0 Å². The summed E-state index contributed by atoms with van der Waals surface area (Å²) in [5.74, 6) is 1.40. The second kappa shape index (κ2) is 5.69. The minimum atomic E-state index is 0.0115. The molecule has 0 fully saturated rings. The van der Waals surface area contributed by atoms with Crippen LogP contribution in [0.4, 0.5) is 5.82 Å². The standard InChI is InChI=1S/C15H15ClN4O/c1-2-3-4-13-18-11(15(21)20-13)7-9-8-17-14-10(9)5-6-12(16)19-14/h5-8,21H,2-4H2,1H3,(H,18,20)/b9-7-. The van der Waals surface area contributed by atoms with E-state index in [-0.39, 0.29) is 5.88 Å². The fraction of sp³-hybridized carbons (Fsp3) is 0.267. The molecule has 0 amide bonds. The van der Waals surface area contributed by atoms with E-state index in [2.05, 4.69) is 26.9 Å². The van der Waals surface area contributed by atoms with E-state index in [1.54, 1.807) is 12.3 Å². The van der Waals surface area contributed by atoms with Gasteiger partial charge in [0.15, 0.2) is 5.82 Å². The summed E-state index contributed by atoms with van der Waals surface area (Å²) in [5.41, 5.74) is 2.35. The van der Waals surface area contributed by atoms with Crippen LogP contribution in [0.1, 0.15) is 36.8 Å². The van der Waals surface area contributed by atoms with Gasteiger partial charge in [-0.2, -0.15) is 4.98 Å². The number of nitrogens with zero attached hydrogens (tertiary/aromatic N) is 3. The molecule has 0 unspecified atom stereocenters. The highest BCUT2D eigenvalue weighted by Gasteiger charge is 2.15. The van der Waals surface area contributed by atoms with Gasteiger partial charge in [0.05, 0.1) is 0 Å². The zero-order valence-corrected chi connectivity index (χ0v) is 12.4. The number of pyridine rings is 1. The lowest BCUT2D eigenvalue weighted by atomic mass is 10.1. The van der Waals surface area contributed by atoms with Crippen LogP contribution >= 0.6 is 11.6 Å². The predicted molar refractivity (Wildman–Crippen MR) is 84.1 cm³/mol. The molecule has 0 radical (unpaired) electrons. The van der Waals surface area contributed by atoms with Crippen LogP contribution in [0.25, 0.3) is 11.6 Å². The topological polar surface area (TPSA) is 74.2 Å². The number of halogens is 1. The van der Waals surface area contributed by atoms with Crippen molar-refractivity contribution >= 4 is 35.3 Å². The minimum Gasteiger partial charge on any atom is -0.492 e. The molecule has 6 heteroatoms. The highest BCUT2D eigenvalue weighted by molar-refractivity contribution is 6.30. The first-order chi connectivity index (χ1) is 10.2. The lowest BCUT2D eigenvalue weighted by Gasteiger charge is -1.98. The van der Waals surface area contributed by atoms with E-state index in [0.29, 0.717) is 16.7 Å². The van der Waals surface area contributed by atoms with Crippen molar-refractivity contribution in [1.29, 1.82) is 0 Å². The maximum atomic E-state index is 9.91. The van der Waals surface area contributed by atoms with Gasteiger partial charge in [0, 0.05) is 23.8 Å². The van der Waals surface area contributed by atoms with Gasteiger partial charge >= 0.3 is 0 Å². The molecule has 1 aliphatic rings. The number of nitrogens with one attached hydrogen (secondary N) is 1. The third kappa shape index (κ3) is 2.83. The molecule has 0 atom stereocenters. The molecule has 108 valence electrons. The number of aromatic nitrogens is 3. The number of fused-ring (bicyclic) bond motifs is 1. The van der Waals surface area contributed by atoms with Crippen molar-refractivity contribution in [3.63, 3.8) is 0 Å². The predicted octanol–water partition coefficient (Wildman–Crippen LogP) is 3.76. The van der Waals surface area contributed by atoms with E-state index in [0.717, 1.165) is 36.2 Å². The summed E-state index contributed by atoms with van der Waals surface area (Å²) in [7, 11) is 0. The Morgan fingerprint density at radius 1 is 1.33 bits per heavy atom. The maximum Gasteiger partial charge on any atom is 0.237 e. The van der Waals surface area contributed by atoms with Crippen LogP contribution in [0.2, 0.25) is 5.15 Å². The number of hydrogen-bond acceptors (Lipinski definition) is 4. The Morgan fingerprint density at radius 3 is 3.00 bits per heavy atom. The Hall–Kier alpha value is -2.14. The molecule has 1 aliphatic heterocycles. The number of unbranched alkanes of at least 4 members (excludes halogenated alkanes) is 1. The average Bonchev–Trinajstić information content (AvgIpc) is 3.01. The second-order valence-electron chi connectivity index (χ2n) is 4.89. The van der Waals surface area contributed by atoms with Crippen molar-refractivity contribution in [3.8, 4) is 5.88 Å². The SMILES string of the molecule is CCCCc1nc(O)c(/C=C2/C=Nc3nc(Cl)ccc32)[nH]1. The van der Waals surface area contributed by atoms with Crippen molar-refractivity contribution in [2.75, 3.05) is 0 Å². The average molecular weight is 303 g/mol. The number of aryl methyl sites for hydroxylation is 1. The van der Waals surface area contributed by atoms with Crippen molar-refractivity contribution in [2.24, 2.45) is 4.99 Å². The van der Waals surface area contributed by atoms with Crippen LogP contribution < -0.4 is 0 Å². The van der Waals surface area contributed by atoms with Gasteiger partial charge in [-0.3, -0.25) is 0 Å². The van der Waals surface area contributed by atoms with Gasteiger partial charge in [-0.05, 0) is 24.6 Å². The first-order valence-electron chi connectivity index (χ1n) is 6.88. The zero-order chi connectivity index (χ0) is 14.8. The summed E-state index contributed by atoms with van der Waals surface area (Å²) in [5, 5.41) is 10.3. The maximum absolute atomic E-state index is 9.91. The molecule has 5 nitrogen and oxygen atoms in total. The molecule has 3 rings (SSSR count).